The average Bonchev–Trinajstić information content (AvgIpc) is 2.57. The first-order valence-electron chi connectivity index (χ1n) is 4.17. The van der Waals surface area contributed by atoms with Gasteiger partial charge in [0.15, 0.2) is 12.0 Å². The number of aromatic nitrogens is 2. The van der Waals surface area contributed by atoms with Crippen molar-refractivity contribution in [1.29, 1.82) is 0 Å². The van der Waals surface area contributed by atoms with Gasteiger partial charge in [-0.05, 0) is 13.0 Å². The molecule has 1 heterocycles. The molecular weight excluding hydrogens is 213 g/mol. The highest BCUT2D eigenvalue weighted by atomic mass is 19.4. The number of aldehydes is 1. The van der Waals surface area contributed by atoms with Gasteiger partial charge in [-0.3, -0.25) is 4.79 Å². The zero-order valence-corrected chi connectivity index (χ0v) is 7.91. The van der Waals surface area contributed by atoms with Crippen LogP contribution in [0.3, 0.4) is 0 Å². The minimum atomic E-state index is -4.55. The van der Waals surface area contributed by atoms with Gasteiger partial charge in [-0.1, -0.05) is 0 Å². The quantitative estimate of drug-likeness (QED) is 0.728. The number of alkyl halides is 3. The largest absolute Gasteiger partial charge is 0.435 e. The molecule has 4 nitrogen and oxygen atoms in total. The van der Waals surface area contributed by atoms with E-state index < -0.39 is 11.9 Å². The maximum absolute atomic E-state index is 12.2. The molecule has 84 valence electrons. The molecule has 0 aliphatic rings. The molecule has 1 aromatic rings. The SMILES string of the molecule is CCOCn1nc(C(F)(F)F)cc1C=O. The van der Waals surface area contributed by atoms with Gasteiger partial charge < -0.3 is 4.74 Å². The predicted octanol–water partition coefficient (Wildman–Crippen LogP) is 1.71. The van der Waals surface area contributed by atoms with Crippen molar-refractivity contribution in [2.75, 3.05) is 6.61 Å². The maximum atomic E-state index is 12.2. The van der Waals surface area contributed by atoms with Gasteiger partial charge in [0.25, 0.3) is 0 Å². The third-order valence-electron chi connectivity index (χ3n) is 1.64. The zero-order chi connectivity index (χ0) is 11.5. The maximum Gasteiger partial charge on any atom is 0.435 e. The Morgan fingerprint density at radius 3 is 2.73 bits per heavy atom. The van der Waals surface area contributed by atoms with E-state index in [-0.39, 0.29) is 12.4 Å². The Balaban J connectivity index is 2.95. The summed E-state index contributed by atoms with van der Waals surface area (Å²) >= 11 is 0. The molecule has 0 saturated heterocycles. The smallest absolute Gasteiger partial charge is 0.360 e. The van der Waals surface area contributed by atoms with Crippen molar-refractivity contribution in [2.24, 2.45) is 0 Å². The molecule has 0 unspecified atom stereocenters. The molecular formula is C8H9F3N2O2. The first-order chi connectivity index (χ1) is 6.99. The fraction of sp³-hybridized carbons (Fsp3) is 0.500. The Labute approximate surface area is 83.6 Å². The van der Waals surface area contributed by atoms with Gasteiger partial charge in [0, 0.05) is 6.61 Å². The second-order valence-electron chi connectivity index (χ2n) is 2.69. The molecule has 0 atom stereocenters. The van der Waals surface area contributed by atoms with E-state index in [2.05, 4.69) is 5.10 Å². The van der Waals surface area contributed by atoms with E-state index in [1.165, 1.54) is 0 Å². The van der Waals surface area contributed by atoms with Gasteiger partial charge in [0.2, 0.25) is 0 Å². The highest BCUT2D eigenvalue weighted by molar-refractivity contribution is 5.72. The van der Waals surface area contributed by atoms with Gasteiger partial charge in [0.1, 0.15) is 12.4 Å². The summed E-state index contributed by atoms with van der Waals surface area (Å²) in [5, 5.41) is 3.23. The Morgan fingerprint density at radius 2 is 2.27 bits per heavy atom. The predicted molar refractivity (Wildman–Crippen MR) is 44.2 cm³/mol. The van der Waals surface area contributed by atoms with Gasteiger partial charge in [-0.25, -0.2) is 4.68 Å². The summed E-state index contributed by atoms with van der Waals surface area (Å²) in [5.41, 5.74) is -1.25. The van der Waals surface area contributed by atoms with Crippen LogP contribution in [0.1, 0.15) is 23.1 Å². The summed E-state index contributed by atoms with van der Waals surface area (Å²) in [6.45, 7) is 1.86. The Morgan fingerprint density at radius 1 is 1.60 bits per heavy atom. The highest BCUT2D eigenvalue weighted by Crippen LogP contribution is 2.28. The van der Waals surface area contributed by atoms with Crippen LogP contribution in [0.5, 0.6) is 0 Å². The molecule has 0 aliphatic carbocycles. The van der Waals surface area contributed by atoms with E-state index in [9.17, 15) is 18.0 Å². The third kappa shape index (κ3) is 2.79. The average molecular weight is 222 g/mol. The number of hydrogen-bond acceptors (Lipinski definition) is 3. The molecule has 0 bridgehead atoms. The van der Waals surface area contributed by atoms with E-state index >= 15 is 0 Å². The third-order valence-corrected chi connectivity index (χ3v) is 1.64. The van der Waals surface area contributed by atoms with Crippen molar-refractivity contribution >= 4 is 6.29 Å². The molecule has 0 amide bonds. The summed E-state index contributed by atoms with van der Waals surface area (Å²) in [7, 11) is 0. The molecule has 0 fully saturated rings. The summed E-state index contributed by atoms with van der Waals surface area (Å²) in [4.78, 5) is 10.4. The van der Waals surface area contributed by atoms with Gasteiger partial charge in [-0.2, -0.15) is 18.3 Å². The number of carbonyl (C=O) groups excluding carboxylic acids is 1. The number of ether oxygens (including phenoxy) is 1. The number of hydrogen-bond donors (Lipinski definition) is 0. The van der Waals surface area contributed by atoms with Crippen molar-refractivity contribution < 1.29 is 22.7 Å². The van der Waals surface area contributed by atoms with Crippen LogP contribution in [0.15, 0.2) is 6.07 Å². The van der Waals surface area contributed by atoms with Gasteiger partial charge >= 0.3 is 6.18 Å². The summed E-state index contributed by atoms with van der Waals surface area (Å²) < 4.78 is 42.4. The van der Waals surface area contributed by atoms with Crippen molar-refractivity contribution in [3.63, 3.8) is 0 Å². The molecule has 7 heteroatoms. The van der Waals surface area contributed by atoms with Crippen LogP contribution in [0.4, 0.5) is 13.2 Å². The minimum Gasteiger partial charge on any atom is -0.360 e. The van der Waals surface area contributed by atoms with E-state index in [4.69, 9.17) is 4.74 Å². The monoisotopic (exact) mass is 222 g/mol. The van der Waals surface area contributed by atoms with Crippen LogP contribution in [-0.4, -0.2) is 22.7 Å². The standard InChI is InChI=1S/C8H9F3N2O2/c1-2-15-5-13-6(4-14)3-7(12-13)8(9,10)11/h3-4H,2,5H2,1H3. The van der Waals surface area contributed by atoms with Crippen molar-refractivity contribution in [2.45, 2.75) is 19.8 Å². The van der Waals surface area contributed by atoms with E-state index in [0.29, 0.717) is 19.0 Å². The van der Waals surface area contributed by atoms with Crippen LogP contribution < -0.4 is 0 Å². The lowest BCUT2D eigenvalue weighted by atomic mass is 10.3. The fourth-order valence-electron chi connectivity index (χ4n) is 0.946. The molecule has 0 saturated carbocycles. The van der Waals surface area contributed by atoms with Crippen molar-refractivity contribution in [3.8, 4) is 0 Å². The summed E-state index contributed by atoms with van der Waals surface area (Å²) in [6, 6.07) is 0.687. The van der Waals surface area contributed by atoms with Crippen LogP contribution >= 0.6 is 0 Å². The second kappa shape index (κ2) is 4.43. The van der Waals surface area contributed by atoms with E-state index in [1.54, 1.807) is 6.92 Å². The molecule has 15 heavy (non-hydrogen) atoms. The number of nitrogens with zero attached hydrogens (tertiary/aromatic N) is 2. The van der Waals surface area contributed by atoms with Gasteiger partial charge in [-0.15, -0.1) is 0 Å². The molecule has 0 aromatic carbocycles. The molecule has 0 aliphatic heterocycles. The molecule has 0 radical (unpaired) electrons. The summed E-state index contributed by atoms with van der Waals surface area (Å²) in [5.74, 6) is 0. The highest BCUT2D eigenvalue weighted by Gasteiger charge is 2.34. The Hall–Kier alpha value is -1.37. The number of rotatable bonds is 4. The normalized spacial score (nSPS) is 11.7. The van der Waals surface area contributed by atoms with Crippen LogP contribution in [0, 0.1) is 0 Å². The minimum absolute atomic E-state index is 0.157. The first kappa shape index (κ1) is 11.7. The lowest BCUT2D eigenvalue weighted by Crippen LogP contribution is -2.10. The molecule has 0 spiro atoms. The second-order valence-corrected chi connectivity index (χ2v) is 2.69. The van der Waals surface area contributed by atoms with Crippen molar-refractivity contribution in [3.05, 3.63) is 17.5 Å². The molecule has 1 aromatic heterocycles. The first-order valence-corrected chi connectivity index (χ1v) is 4.17. The Kier molecular flexibility index (Phi) is 3.46. The van der Waals surface area contributed by atoms with Crippen LogP contribution in [0.25, 0.3) is 0 Å². The molecule has 0 N–H and O–H groups in total. The van der Waals surface area contributed by atoms with Crippen molar-refractivity contribution in [1.82, 2.24) is 9.78 Å². The van der Waals surface area contributed by atoms with Crippen LogP contribution in [0.2, 0.25) is 0 Å². The lowest BCUT2D eigenvalue weighted by molar-refractivity contribution is -0.141. The summed E-state index contributed by atoms with van der Waals surface area (Å²) in [6.07, 6.45) is -4.24. The van der Waals surface area contributed by atoms with Gasteiger partial charge in [0.05, 0.1) is 0 Å². The van der Waals surface area contributed by atoms with E-state index in [0.717, 1.165) is 4.68 Å². The zero-order valence-electron chi connectivity index (χ0n) is 7.91. The van der Waals surface area contributed by atoms with E-state index in [1.807, 2.05) is 0 Å². The number of carbonyl (C=O) groups is 1. The van der Waals surface area contributed by atoms with Crippen LogP contribution in [-0.2, 0) is 17.6 Å². The topological polar surface area (TPSA) is 44.1 Å². The molecule has 1 rings (SSSR count). The fourth-order valence-corrected chi connectivity index (χ4v) is 0.946. The number of halogens is 3. The Bertz CT molecular complexity index is 346. The lowest BCUT2D eigenvalue weighted by Gasteiger charge is -2.03.